The summed E-state index contributed by atoms with van der Waals surface area (Å²) >= 11 is 0. The number of amides is 2. The van der Waals surface area contributed by atoms with E-state index in [4.69, 9.17) is 0 Å². The molecular weight excluding hydrogens is 294 g/mol. The largest absolute Gasteiger partial charge is 0.347 e. The first-order valence-electron chi connectivity index (χ1n) is 8.02. The van der Waals surface area contributed by atoms with Crippen LogP contribution in [-0.2, 0) is 4.79 Å². The van der Waals surface area contributed by atoms with Crippen LogP contribution < -0.4 is 5.32 Å². The van der Waals surface area contributed by atoms with Crippen LogP contribution in [0.5, 0.6) is 0 Å². The molecule has 23 heavy (non-hydrogen) atoms. The zero-order valence-corrected chi connectivity index (χ0v) is 13.0. The molecule has 7 nitrogen and oxygen atoms in total. The topological polar surface area (TPSA) is 91.0 Å². The number of nitrogens with zero attached hydrogens (tertiary/aromatic N) is 3. The molecule has 3 heterocycles. The molecule has 2 fully saturated rings. The number of carbonyl (C=O) groups excluding carboxylic acids is 2. The molecule has 120 valence electrons. The lowest BCUT2D eigenvalue weighted by molar-refractivity contribution is -0.127. The fraction of sp³-hybridized carbons (Fsp3) is 0.500. The third kappa shape index (κ3) is 2.67. The third-order valence-corrected chi connectivity index (χ3v) is 4.61. The van der Waals surface area contributed by atoms with Crippen molar-refractivity contribution in [2.45, 2.75) is 38.1 Å². The predicted molar refractivity (Wildman–Crippen MR) is 84.0 cm³/mol. The number of hydrogen-bond donors (Lipinski definition) is 2. The Hall–Kier alpha value is -2.44. The average molecular weight is 313 g/mol. The normalized spacial score (nSPS) is 20.9. The third-order valence-electron chi connectivity index (χ3n) is 4.61. The highest BCUT2D eigenvalue weighted by molar-refractivity contribution is 6.04. The lowest BCUT2D eigenvalue weighted by Crippen LogP contribution is -2.37. The van der Waals surface area contributed by atoms with E-state index in [0.29, 0.717) is 35.7 Å². The molecule has 2 aromatic heterocycles. The van der Waals surface area contributed by atoms with Crippen molar-refractivity contribution >= 4 is 23.0 Å². The Kier molecular flexibility index (Phi) is 3.28. The highest BCUT2D eigenvalue weighted by Crippen LogP contribution is 2.39. The molecule has 0 bridgehead atoms. The Balaban J connectivity index is 1.53. The lowest BCUT2D eigenvalue weighted by Gasteiger charge is -2.14. The predicted octanol–water partition coefficient (Wildman–Crippen LogP) is 1.19. The quantitative estimate of drug-likeness (QED) is 0.890. The number of fused-ring (bicyclic) bond motifs is 1. The molecule has 2 amide bonds. The molecule has 1 saturated carbocycles. The van der Waals surface area contributed by atoms with Crippen molar-refractivity contribution in [1.29, 1.82) is 0 Å². The molecule has 1 aliphatic heterocycles. The van der Waals surface area contributed by atoms with Crippen molar-refractivity contribution in [3.63, 3.8) is 0 Å². The van der Waals surface area contributed by atoms with Gasteiger partial charge in [0.2, 0.25) is 5.91 Å². The monoisotopic (exact) mass is 313 g/mol. The van der Waals surface area contributed by atoms with Gasteiger partial charge < -0.3 is 15.2 Å². The summed E-state index contributed by atoms with van der Waals surface area (Å²) in [6.45, 7) is 2.82. The summed E-state index contributed by atoms with van der Waals surface area (Å²) in [5, 5.41) is 3.00. The van der Waals surface area contributed by atoms with E-state index < -0.39 is 0 Å². The molecule has 1 atom stereocenters. The minimum absolute atomic E-state index is 0.00377. The van der Waals surface area contributed by atoms with E-state index >= 15 is 0 Å². The summed E-state index contributed by atoms with van der Waals surface area (Å²) in [5.41, 5.74) is 2.76. The van der Waals surface area contributed by atoms with Gasteiger partial charge in [-0.1, -0.05) is 0 Å². The second kappa shape index (κ2) is 5.33. The standard InChI is InChI=1S/C16H19N5O2/c1-9(22)21-5-4-11(8-21)19-16(23)12-6-17-15-14(12)20-13(7-18-15)10-2-3-10/h6-7,10-11H,2-5,8H2,1H3,(H,17,18)(H,19,23). The molecule has 2 aliphatic rings. The number of carbonyl (C=O) groups is 2. The van der Waals surface area contributed by atoms with Crippen LogP contribution in [0.15, 0.2) is 12.4 Å². The summed E-state index contributed by atoms with van der Waals surface area (Å²) in [7, 11) is 0. The van der Waals surface area contributed by atoms with E-state index in [1.807, 2.05) is 0 Å². The van der Waals surface area contributed by atoms with E-state index in [1.165, 1.54) is 0 Å². The van der Waals surface area contributed by atoms with E-state index in [9.17, 15) is 9.59 Å². The molecule has 1 unspecified atom stereocenters. The summed E-state index contributed by atoms with van der Waals surface area (Å²) in [5.74, 6) is 0.388. The maximum absolute atomic E-state index is 12.5. The maximum Gasteiger partial charge on any atom is 0.255 e. The van der Waals surface area contributed by atoms with Crippen molar-refractivity contribution < 1.29 is 9.59 Å². The van der Waals surface area contributed by atoms with Crippen LogP contribution in [0.25, 0.3) is 11.2 Å². The Morgan fingerprint density at radius 3 is 2.87 bits per heavy atom. The van der Waals surface area contributed by atoms with Gasteiger partial charge in [0, 0.05) is 38.2 Å². The number of aromatic amines is 1. The number of likely N-dealkylation sites (tertiary alicyclic amines) is 1. The van der Waals surface area contributed by atoms with Crippen molar-refractivity contribution in [3.8, 4) is 0 Å². The number of nitrogens with one attached hydrogen (secondary N) is 2. The van der Waals surface area contributed by atoms with Crippen LogP contribution in [-0.4, -0.2) is 50.8 Å². The summed E-state index contributed by atoms with van der Waals surface area (Å²) in [4.78, 5) is 37.7. The Labute approximate surface area is 133 Å². The fourth-order valence-electron chi connectivity index (χ4n) is 3.08. The summed E-state index contributed by atoms with van der Waals surface area (Å²) < 4.78 is 0. The smallest absolute Gasteiger partial charge is 0.255 e. The lowest BCUT2D eigenvalue weighted by atomic mass is 10.2. The summed E-state index contributed by atoms with van der Waals surface area (Å²) in [6, 6.07) is -0.00377. The molecule has 1 saturated heterocycles. The van der Waals surface area contributed by atoms with Gasteiger partial charge in [-0.25, -0.2) is 9.97 Å². The van der Waals surface area contributed by atoms with E-state index in [1.54, 1.807) is 24.2 Å². The van der Waals surface area contributed by atoms with Crippen molar-refractivity contribution in [2.24, 2.45) is 0 Å². The first kappa shape index (κ1) is 14.2. The Morgan fingerprint density at radius 1 is 1.35 bits per heavy atom. The number of rotatable bonds is 3. The number of hydrogen-bond acceptors (Lipinski definition) is 4. The maximum atomic E-state index is 12.5. The van der Waals surface area contributed by atoms with Crippen molar-refractivity contribution in [1.82, 2.24) is 25.2 Å². The van der Waals surface area contributed by atoms with Gasteiger partial charge >= 0.3 is 0 Å². The number of aromatic nitrogens is 3. The Bertz CT molecular complexity index is 780. The highest BCUT2D eigenvalue weighted by atomic mass is 16.2. The second-order valence-corrected chi connectivity index (χ2v) is 6.39. The van der Waals surface area contributed by atoms with Gasteiger partial charge in [0.1, 0.15) is 5.52 Å². The van der Waals surface area contributed by atoms with E-state index in [0.717, 1.165) is 25.0 Å². The molecule has 4 rings (SSSR count). The van der Waals surface area contributed by atoms with Gasteiger partial charge in [0.15, 0.2) is 5.65 Å². The zero-order valence-electron chi connectivity index (χ0n) is 13.0. The molecule has 7 heteroatoms. The van der Waals surface area contributed by atoms with Crippen LogP contribution in [0.4, 0.5) is 0 Å². The van der Waals surface area contributed by atoms with Crippen LogP contribution in [0.1, 0.15) is 48.2 Å². The van der Waals surface area contributed by atoms with Gasteiger partial charge in [-0.2, -0.15) is 0 Å². The van der Waals surface area contributed by atoms with Gasteiger partial charge in [-0.05, 0) is 19.3 Å². The molecule has 0 radical (unpaired) electrons. The highest BCUT2D eigenvalue weighted by Gasteiger charge is 2.28. The molecule has 2 aromatic rings. The van der Waals surface area contributed by atoms with Gasteiger partial charge in [-0.15, -0.1) is 0 Å². The minimum atomic E-state index is -0.158. The van der Waals surface area contributed by atoms with Crippen LogP contribution in [0, 0.1) is 0 Å². The van der Waals surface area contributed by atoms with Crippen LogP contribution in [0.3, 0.4) is 0 Å². The summed E-state index contributed by atoms with van der Waals surface area (Å²) in [6.07, 6.45) is 6.53. The van der Waals surface area contributed by atoms with Crippen LogP contribution in [0.2, 0.25) is 0 Å². The molecule has 1 aliphatic carbocycles. The first-order chi connectivity index (χ1) is 11.1. The number of H-pyrrole nitrogens is 1. The second-order valence-electron chi connectivity index (χ2n) is 6.39. The first-order valence-corrected chi connectivity index (χ1v) is 8.02. The fourth-order valence-corrected chi connectivity index (χ4v) is 3.08. The van der Waals surface area contributed by atoms with Gasteiger partial charge in [0.05, 0.1) is 17.5 Å². The minimum Gasteiger partial charge on any atom is -0.347 e. The Morgan fingerprint density at radius 2 is 2.17 bits per heavy atom. The van der Waals surface area contributed by atoms with E-state index in [2.05, 4.69) is 20.3 Å². The zero-order chi connectivity index (χ0) is 16.0. The van der Waals surface area contributed by atoms with Crippen molar-refractivity contribution in [2.75, 3.05) is 13.1 Å². The molecular formula is C16H19N5O2. The molecule has 2 N–H and O–H groups in total. The SMILES string of the molecule is CC(=O)N1CCC(NC(=O)c2c[nH]c3ncc(C4CC4)nc23)C1. The average Bonchev–Trinajstić information content (AvgIpc) is 3.12. The van der Waals surface area contributed by atoms with Gasteiger partial charge in [0.25, 0.3) is 5.91 Å². The molecule has 0 spiro atoms. The van der Waals surface area contributed by atoms with Crippen molar-refractivity contribution in [3.05, 3.63) is 23.7 Å². The van der Waals surface area contributed by atoms with E-state index in [-0.39, 0.29) is 17.9 Å². The molecule has 0 aromatic carbocycles. The van der Waals surface area contributed by atoms with Crippen LogP contribution >= 0.6 is 0 Å². The van der Waals surface area contributed by atoms with Gasteiger partial charge in [-0.3, -0.25) is 9.59 Å².